The molecule has 1 aromatic carbocycles. The van der Waals surface area contributed by atoms with E-state index in [1.165, 1.54) is 12.3 Å². The lowest BCUT2D eigenvalue weighted by Gasteiger charge is -2.36. The maximum absolute atomic E-state index is 13.5. The highest BCUT2D eigenvalue weighted by Gasteiger charge is 2.36. The van der Waals surface area contributed by atoms with E-state index in [1.807, 2.05) is 30.7 Å². The molecule has 0 aliphatic carbocycles. The third-order valence-electron chi connectivity index (χ3n) is 5.85. The molecule has 4 rings (SSSR count). The van der Waals surface area contributed by atoms with Gasteiger partial charge in [-0.05, 0) is 38.1 Å². The Kier molecular flexibility index (Phi) is 7.23. The predicted octanol–water partition coefficient (Wildman–Crippen LogP) is 5.43. The molecule has 0 amide bonds. The van der Waals surface area contributed by atoms with Crippen LogP contribution in [-0.4, -0.2) is 59.2 Å². The van der Waals surface area contributed by atoms with Crippen LogP contribution in [0, 0.1) is 0 Å². The van der Waals surface area contributed by atoms with E-state index in [1.54, 1.807) is 23.1 Å². The summed E-state index contributed by atoms with van der Waals surface area (Å²) < 4.78 is 40.4. The van der Waals surface area contributed by atoms with Crippen molar-refractivity contribution < 1.29 is 13.2 Å². The van der Waals surface area contributed by atoms with Gasteiger partial charge in [0.2, 0.25) is 11.9 Å². The van der Waals surface area contributed by atoms with Gasteiger partial charge in [0.15, 0.2) is 5.82 Å². The molecule has 35 heavy (non-hydrogen) atoms. The van der Waals surface area contributed by atoms with Gasteiger partial charge >= 0.3 is 6.18 Å². The molecule has 3 aromatic rings. The molecule has 0 bridgehead atoms. The summed E-state index contributed by atoms with van der Waals surface area (Å²) in [5.41, 5.74) is -0.171. The van der Waals surface area contributed by atoms with E-state index in [0.717, 1.165) is 6.07 Å². The van der Waals surface area contributed by atoms with Gasteiger partial charge in [-0.1, -0.05) is 29.3 Å². The second-order valence-electron chi connectivity index (χ2n) is 8.41. The van der Waals surface area contributed by atoms with Gasteiger partial charge < -0.3 is 14.7 Å². The Morgan fingerprint density at radius 1 is 0.943 bits per heavy atom. The largest absolute Gasteiger partial charge is 0.419 e. The summed E-state index contributed by atoms with van der Waals surface area (Å²) in [6.45, 7) is 5.50. The lowest BCUT2D eigenvalue weighted by molar-refractivity contribution is -0.137. The summed E-state index contributed by atoms with van der Waals surface area (Å²) in [5, 5.41) is 0.721. The summed E-state index contributed by atoms with van der Waals surface area (Å²) in [6, 6.07) is 7.70. The zero-order valence-corrected chi connectivity index (χ0v) is 20.9. The molecule has 3 heterocycles. The Bertz CT molecular complexity index is 1200. The van der Waals surface area contributed by atoms with Gasteiger partial charge in [0.25, 0.3) is 0 Å². The Morgan fingerprint density at radius 3 is 2.29 bits per heavy atom. The van der Waals surface area contributed by atoms with Crippen molar-refractivity contribution in [3.8, 4) is 11.4 Å². The number of alkyl halides is 3. The number of aromatic nitrogens is 4. The number of benzene rings is 1. The number of rotatable bonds is 5. The molecule has 0 saturated carbocycles. The number of halogens is 5. The second-order valence-corrected chi connectivity index (χ2v) is 9.20. The van der Waals surface area contributed by atoms with Gasteiger partial charge in [0.05, 0.1) is 15.6 Å². The Morgan fingerprint density at radius 2 is 1.63 bits per heavy atom. The quantitative estimate of drug-likeness (QED) is 0.440. The minimum Gasteiger partial charge on any atom is -0.353 e. The smallest absolute Gasteiger partial charge is 0.353 e. The van der Waals surface area contributed by atoms with E-state index in [9.17, 15) is 13.2 Å². The van der Waals surface area contributed by atoms with Crippen LogP contribution in [0.2, 0.25) is 10.0 Å². The fraction of sp³-hybridized carbons (Fsp3) is 0.391. The van der Waals surface area contributed by atoms with Crippen molar-refractivity contribution in [2.75, 3.05) is 47.9 Å². The van der Waals surface area contributed by atoms with Crippen LogP contribution in [0.1, 0.15) is 19.4 Å². The fourth-order valence-corrected chi connectivity index (χ4v) is 4.05. The molecule has 1 aliphatic heterocycles. The average molecular weight is 526 g/mol. The maximum Gasteiger partial charge on any atom is 0.419 e. The van der Waals surface area contributed by atoms with E-state index >= 15 is 0 Å². The molecule has 12 heteroatoms. The van der Waals surface area contributed by atoms with Gasteiger partial charge in [-0.25, -0.2) is 4.98 Å². The van der Waals surface area contributed by atoms with Crippen molar-refractivity contribution in [3.05, 3.63) is 52.1 Å². The summed E-state index contributed by atoms with van der Waals surface area (Å²) in [7, 11) is 1.88. The Balaban J connectivity index is 1.65. The normalized spacial score (nSPS) is 14.5. The molecule has 0 spiro atoms. The van der Waals surface area contributed by atoms with Gasteiger partial charge in [-0.3, -0.25) is 0 Å². The molecule has 1 aliphatic rings. The van der Waals surface area contributed by atoms with Crippen LogP contribution in [0.4, 0.5) is 30.9 Å². The third kappa shape index (κ3) is 5.38. The van der Waals surface area contributed by atoms with Crippen molar-refractivity contribution in [1.29, 1.82) is 0 Å². The Labute approximate surface area is 211 Å². The van der Waals surface area contributed by atoms with Crippen LogP contribution in [-0.2, 0) is 6.18 Å². The molecule has 0 unspecified atom stereocenters. The van der Waals surface area contributed by atoms with Crippen LogP contribution < -0.4 is 14.7 Å². The fourth-order valence-electron chi connectivity index (χ4n) is 3.67. The molecule has 7 nitrogen and oxygen atoms in total. The number of anilines is 3. The van der Waals surface area contributed by atoms with Crippen LogP contribution in [0.5, 0.6) is 0 Å². The van der Waals surface area contributed by atoms with E-state index in [2.05, 4.69) is 19.9 Å². The first-order valence-electron chi connectivity index (χ1n) is 11.0. The van der Waals surface area contributed by atoms with Gasteiger partial charge in [0.1, 0.15) is 5.82 Å². The van der Waals surface area contributed by atoms with Gasteiger partial charge in [-0.2, -0.15) is 28.1 Å². The second kappa shape index (κ2) is 10.0. The van der Waals surface area contributed by atoms with Crippen LogP contribution in [0.15, 0.2) is 36.5 Å². The molecule has 186 valence electrons. The monoisotopic (exact) mass is 525 g/mol. The van der Waals surface area contributed by atoms with Crippen LogP contribution in [0.25, 0.3) is 11.4 Å². The van der Waals surface area contributed by atoms with Crippen molar-refractivity contribution >= 4 is 40.9 Å². The molecule has 0 atom stereocenters. The molecular formula is C23H24Cl2F3N7. The van der Waals surface area contributed by atoms with Crippen LogP contribution >= 0.6 is 23.2 Å². The number of hydrogen-bond acceptors (Lipinski definition) is 7. The highest BCUT2D eigenvalue weighted by molar-refractivity contribution is 6.43. The van der Waals surface area contributed by atoms with E-state index in [0.29, 0.717) is 59.5 Å². The zero-order chi connectivity index (χ0) is 25.3. The number of piperazine rings is 1. The molecule has 1 fully saturated rings. The van der Waals surface area contributed by atoms with E-state index in [-0.39, 0.29) is 11.9 Å². The lowest BCUT2D eigenvalue weighted by atomic mass is 10.2. The minimum absolute atomic E-state index is 0.0677. The first-order chi connectivity index (χ1) is 16.6. The molecule has 0 radical (unpaired) electrons. The SMILES string of the molecule is CC(C)N(C)c1nc(-c2cccc(Cl)c2Cl)nc(N2CCN(c3ncccc3C(F)(F)F)CC2)n1. The first kappa shape index (κ1) is 25.2. The Hall–Kier alpha value is -2.85. The molecular weight excluding hydrogens is 502 g/mol. The predicted molar refractivity (Wildman–Crippen MR) is 132 cm³/mol. The summed E-state index contributed by atoms with van der Waals surface area (Å²) in [4.78, 5) is 23.4. The standard InChI is InChI=1S/C23H24Cl2F3N7/c1-14(2)33(3)21-30-19(15-6-4-8-17(24)18(15)25)31-22(32-21)35-12-10-34(11-13-35)20-16(23(26,27)28)7-5-9-29-20/h4-9,14H,10-13H2,1-3H3. The lowest BCUT2D eigenvalue weighted by Crippen LogP contribution is -2.48. The van der Waals surface area contributed by atoms with E-state index in [4.69, 9.17) is 23.2 Å². The highest BCUT2D eigenvalue weighted by Crippen LogP contribution is 2.36. The van der Waals surface area contributed by atoms with Crippen LogP contribution in [0.3, 0.4) is 0 Å². The molecule has 2 aromatic heterocycles. The van der Waals surface area contributed by atoms with E-state index < -0.39 is 11.7 Å². The summed E-state index contributed by atoms with van der Waals surface area (Å²) in [5.74, 6) is 1.19. The third-order valence-corrected chi connectivity index (χ3v) is 6.67. The number of pyridine rings is 1. The highest BCUT2D eigenvalue weighted by atomic mass is 35.5. The summed E-state index contributed by atoms with van der Waals surface area (Å²) in [6.07, 6.45) is -3.10. The minimum atomic E-state index is -4.48. The number of nitrogens with zero attached hydrogens (tertiary/aromatic N) is 7. The van der Waals surface area contributed by atoms with Crippen molar-refractivity contribution in [2.24, 2.45) is 0 Å². The molecule has 0 N–H and O–H groups in total. The zero-order valence-electron chi connectivity index (χ0n) is 19.4. The van der Waals surface area contributed by atoms with Crippen molar-refractivity contribution in [2.45, 2.75) is 26.1 Å². The van der Waals surface area contributed by atoms with Gasteiger partial charge in [-0.15, -0.1) is 0 Å². The first-order valence-corrected chi connectivity index (χ1v) is 11.8. The van der Waals surface area contributed by atoms with Crippen molar-refractivity contribution in [1.82, 2.24) is 19.9 Å². The van der Waals surface area contributed by atoms with Crippen molar-refractivity contribution in [3.63, 3.8) is 0 Å². The summed E-state index contributed by atoms with van der Waals surface area (Å²) >= 11 is 12.6. The average Bonchev–Trinajstić information content (AvgIpc) is 2.84. The topological polar surface area (TPSA) is 61.3 Å². The molecule has 1 saturated heterocycles. The van der Waals surface area contributed by atoms with Gasteiger partial charge in [0, 0.05) is 51.0 Å². The maximum atomic E-state index is 13.5. The number of hydrogen-bond donors (Lipinski definition) is 0.